The number of carbonyl (C=O) groups is 2. The van der Waals surface area contributed by atoms with Crippen molar-refractivity contribution in [3.8, 4) is 6.07 Å². The predicted octanol–water partition coefficient (Wildman–Crippen LogP) is 0.862. The molecule has 1 amide bonds. The zero-order chi connectivity index (χ0) is 17.4. The molecule has 1 aromatic rings. The largest absolute Gasteiger partial charge is 0.370 e. The van der Waals surface area contributed by atoms with E-state index in [0.717, 1.165) is 0 Å². The van der Waals surface area contributed by atoms with Gasteiger partial charge in [0.15, 0.2) is 0 Å². The van der Waals surface area contributed by atoms with Crippen LogP contribution in [0.1, 0.15) is 25.3 Å². The van der Waals surface area contributed by atoms with Crippen molar-refractivity contribution >= 4 is 17.4 Å². The highest BCUT2D eigenvalue weighted by molar-refractivity contribution is 5.89. The fraction of sp³-hybridized carbons (Fsp3) is 0.400. The zero-order valence-corrected chi connectivity index (χ0v) is 12.5. The number of ketones is 1. The van der Waals surface area contributed by atoms with Gasteiger partial charge in [0.05, 0.1) is 16.9 Å². The highest BCUT2D eigenvalue weighted by Gasteiger charge is 2.52. The number of rotatable bonds is 3. The number of aliphatic hydroxyl groups is 1. The van der Waals surface area contributed by atoms with E-state index in [-0.39, 0.29) is 5.69 Å². The third-order valence-electron chi connectivity index (χ3n) is 4.03. The topological polar surface area (TPSA) is 133 Å². The molecule has 1 aliphatic rings. The molecule has 120 valence electrons. The minimum Gasteiger partial charge on any atom is -0.370 e. The molecular formula is C15H15N3O5. The van der Waals surface area contributed by atoms with E-state index < -0.39 is 40.1 Å². The number of hydrogen-bond acceptors (Lipinski definition) is 6. The van der Waals surface area contributed by atoms with Crippen LogP contribution in [0, 0.1) is 33.3 Å². The molecule has 1 saturated heterocycles. The van der Waals surface area contributed by atoms with Crippen LogP contribution in [0.5, 0.6) is 0 Å². The van der Waals surface area contributed by atoms with Crippen LogP contribution in [0.3, 0.4) is 0 Å². The van der Waals surface area contributed by atoms with E-state index in [4.69, 9.17) is 0 Å². The van der Waals surface area contributed by atoms with Gasteiger partial charge in [-0.1, -0.05) is 12.1 Å². The molecule has 0 bridgehead atoms. The Morgan fingerprint density at radius 2 is 2.17 bits per heavy atom. The van der Waals surface area contributed by atoms with Crippen molar-refractivity contribution in [2.75, 3.05) is 0 Å². The van der Waals surface area contributed by atoms with E-state index in [9.17, 15) is 30.1 Å². The van der Waals surface area contributed by atoms with Gasteiger partial charge >= 0.3 is 0 Å². The van der Waals surface area contributed by atoms with Gasteiger partial charge in [-0.25, -0.2) is 0 Å². The molecule has 1 aromatic carbocycles. The Morgan fingerprint density at radius 1 is 1.52 bits per heavy atom. The first-order valence-electron chi connectivity index (χ1n) is 6.88. The van der Waals surface area contributed by atoms with Gasteiger partial charge in [-0.3, -0.25) is 19.7 Å². The smallest absolute Gasteiger partial charge is 0.269 e. The Morgan fingerprint density at radius 3 is 2.70 bits per heavy atom. The van der Waals surface area contributed by atoms with Gasteiger partial charge < -0.3 is 10.4 Å². The van der Waals surface area contributed by atoms with Gasteiger partial charge in [0, 0.05) is 18.1 Å². The summed E-state index contributed by atoms with van der Waals surface area (Å²) in [6.07, 6.45) is 0. The summed E-state index contributed by atoms with van der Waals surface area (Å²) in [5, 5.41) is 32.9. The maximum atomic E-state index is 12.1. The van der Waals surface area contributed by atoms with E-state index in [1.807, 2.05) is 6.07 Å². The maximum Gasteiger partial charge on any atom is 0.269 e. The predicted molar refractivity (Wildman–Crippen MR) is 77.9 cm³/mol. The molecule has 0 aliphatic carbocycles. The number of hydrogen-bond donors (Lipinski definition) is 2. The molecule has 0 spiro atoms. The highest BCUT2D eigenvalue weighted by Crippen LogP contribution is 2.42. The van der Waals surface area contributed by atoms with Crippen LogP contribution in [0.25, 0.3) is 0 Å². The Bertz CT molecular complexity index is 722. The fourth-order valence-electron chi connectivity index (χ4n) is 3.13. The Hall–Kier alpha value is -2.79. The molecule has 4 atom stereocenters. The summed E-state index contributed by atoms with van der Waals surface area (Å²) in [5.41, 5.74) is -1.76. The Labute approximate surface area is 131 Å². The van der Waals surface area contributed by atoms with E-state index >= 15 is 0 Å². The normalized spacial score (nSPS) is 30.2. The number of benzene rings is 1. The summed E-state index contributed by atoms with van der Waals surface area (Å²) < 4.78 is 0. The van der Waals surface area contributed by atoms with E-state index in [2.05, 4.69) is 5.32 Å². The molecule has 0 saturated carbocycles. The number of Topliss-reactive ketones (excluding diaryl/α,β-unsaturated/α-hetero) is 1. The standard InChI is InChI=1S/C15H15N3O5/c1-8(19)13-12(9-4-3-5-10(6-9)18(22)23)11(7-16)14(20)17-15(13,2)21/h3-6,11-13,21H,1-2H3,(H,17,20)/t11-,12-,13-,15-/m1/s1. The number of nitro benzene ring substituents is 1. The summed E-state index contributed by atoms with van der Waals surface area (Å²) in [6.45, 7) is 2.52. The van der Waals surface area contributed by atoms with Gasteiger partial charge in [0.1, 0.15) is 17.4 Å². The Balaban J connectivity index is 2.63. The second kappa shape index (κ2) is 5.78. The molecule has 0 aromatic heterocycles. The van der Waals surface area contributed by atoms with Gasteiger partial charge in [-0.15, -0.1) is 0 Å². The molecule has 0 unspecified atom stereocenters. The number of carbonyl (C=O) groups excluding carboxylic acids is 2. The number of non-ortho nitro benzene ring substituents is 1. The first-order valence-corrected chi connectivity index (χ1v) is 6.88. The van der Waals surface area contributed by atoms with E-state index in [1.54, 1.807) is 0 Å². The summed E-state index contributed by atoms with van der Waals surface area (Å²) in [5.74, 6) is -4.43. The maximum absolute atomic E-state index is 12.1. The minimum atomic E-state index is -1.84. The van der Waals surface area contributed by atoms with Crippen LogP contribution < -0.4 is 5.32 Å². The monoisotopic (exact) mass is 317 g/mol. The third-order valence-corrected chi connectivity index (χ3v) is 4.03. The van der Waals surface area contributed by atoms with Gasteiger partial charge in [-0.2, -0.15) is 5.26 Å². The van der Waals surface area contributed by atoms with Crippen molar-refractivity contribution in [2.24, 2.45) is 11.8 Å². The van der Waals surface area contributed by atoms with Gasteiger partial charge in [0.2, 0.25) is 5.91 Å². The molecule has 1 heterocycles. The van der Waals surface area contributed by atoms with Crippen molar-refractivity contribution in [3.63, 3.8) is 0 Å². The lowest BCUT2D eigenvalue weighted by atomic mass is 9.68. The van der Waals surface area contributed by atoms with Crippen LogP contribution in [-0.4, -0.2) is 27.4 Å². The second-order valence-electron chi connectivity index (χ2n) is 5.71. The quantitative estimate of drug-likeness (QED) is 0.627. The van der Waals surface area contributed by atoms with Crippen molar-refractivity contribution in [1.82, 2.24) is 5.32 Å². The summed E-state index contributed by atoms with van der Waals surface area (Å²) in [7, 11) is 0. The molecule has 8 heteroatoms. The molecule has 1 fully saturated rings. The number of nitro groups is 1. The van der Waals surface area contributed by atoms with Crippen molar-refractivity contribution < 1.29 is 19.6 Å². The molecule has 2 N–H and O–H groups in total. The second-order valence-corrected chi connectivity index (χ2v) is 5.71. The molecule has 2 rings (SSSR count). The molecule has 1 aliphatic heterocycles. The first-order chi connectivity index (χ1) is 10.7. The molecule has 0 radical (unpaired) electrons. The SMILES string of the molecule is CC(=O)[C@@H]1[C@H](c2cccc([N+](=O)[O-])c2)[C@@H](C#N)C(=O)N[C@]1(C)O. The van der Waals surface area contributed by atoms with Gasteiger partial charge in [-0.05, 0) is 19.4 Å². The number of nitrogens with one attached hydrogen (secondary N) is 1. The van der Waals surface area contributed by atoms with Crippen LogP contribution >= 0.6 is 0 Å². The van der Waals surface area contributed by atoms with Gasteiger partial charge in [0.25, 0.3) is 5.69 Å². The lowest BCUT2D eigenvalue weighted by molar-refractivity contribution is -0.385. The highest BCUT2D eigenvalue weighted by atomic mass is 16.6. The average Bonchev–Trinajstić information content (AvgIpc) is 2.45. The minimum absolute atomic E-state index is 0.216. The first kappa shape index (κ1) is 16.6. The number of nitrogens with zero attached hydrogens (tertiary/aromatic N) is 2. The Kier molecular flexibility index (Phi) is 4.16. The molecular weight excluding hydrogens is 302 g/mol. The van der Waals surface area contributed by atoms with Crippen LogP contribution in [0.2, 0.25) is 0 Å². The van der Waals surface area contributed by atoms with Crippen molar-refractivity contribution in [2.45, 2.75) is 25.5 Å². The zero-order valence-electron chi connectivity index (χ0n) is 12.5. The number of nitriles is 1. The average molecular weight is 317 g/mol. The lowest BCUT2D eigenvalue weighted by Gasteiger charge is -2.43. The number of amides is 1. The van der Waals surface area contributed by atoms with Crippen LogP contribution in [0.4, 0.5) is 5.69 Å². The van der Waals surface area contributed by atoms with Crippen LogP contribution in [0.15, 0.2) is 24.3 Å². The fourth-order valence-corrected chi connectivity index (χ4v) is 3.13. The van der Waals surface area contributed by atoms with Crippen LogP contribution in [-0.2, 0) is 9.59 Å². The summed E-state index contributed by atoms with van der Waals surface area (Å²) in [4.78, 5) is 34.4. The number of piperidine rings is 1. The van der Waals surface area contributed by atoms with E-state index in [0.29, 0.717) is 5.56 Å². The molecule has 23 heavy (non-hydrogen) atoms. The molecule has 8 nitrogen and oxygen atoms in total. The van der Waals surface area contributed by atoms with Crippen molar-refractivity contribution in [3.05, 3.63) is 39.9 Å². The lowest BCUT2D eigenvalue weighted by Crippen LogP contribution is -2.62. The van der Waals surface area contributed by atoms with E-state index in [1.165, 1.54) is 38.1 Å². The summed E-state index contributed by atoms with van der Waals surface area (Å²) in [6, 6.07) is 7.25. The van der Waals surface area contributed by atoms with Crippen molar-refractivity contribution in [1.29, 1.82) is 5.26 Å². The third kappa shape index (κ3) is 2.91. The summed E-state index contributed by atoms with van der Waals surface area (Å²) >= 11 is 0.